The highest BCUT2D eigenvalue weighted by atomic mass is 35.5. The maximum Gasteiger partial charge on any atom is 0.251 e. The number of nitrogen functional groups attached to an aromatic ring is 1. The van der Waals surface area contributed by atoms with Crippen molar-refractivity contribution in [3.05, 3.63) is 28.8 Å². The van der Waals surface area contributed by atoms with Crippen LogP contribution in [-0.2, 0) is 0 Å². The van der Waals surface area contributed by atoms with Gasteiger partial charge in [0, 0.05) is 22.8 Å². The number of hydrogen-bond acceptors (Lipinski definition) is 3. The Morgan fingerprint density at radius 3 is 2.82 bits per heavy atom. The predicted molar refractivity (Wildman–Crippen MR) is 66.9 cm³/mol. The maximum atomic E-state index is 11.8. The maximum absolute atomic E-state index is 11.8. The minimum atomic E-state index is -0.449. The van der Waals surface area contributed by atoms with E-state index >= 15 is 0 Å². The molecule has 92 valence electrons. The van der Waals surface area contributed by atoms with Crippen molar-refractivity contribution >= 4 is 23.2 Å². The van der Waals surface area contributed by atoms with Crippen molar-refractivity contribution in [2.45, 2.75) is 18.9 Å². The average Bonchev–Trinajstić information content (AvgIpc) is 3.07. The highest BCUT2D eigenvalue weighted by Crippen LogP contribution is 2.32. The molecule has 1 atom stereocenters. The smallest absolute Gasteiger partial charge is 0.251 e. The summed E-state index contributed by atoms with van der Waals surface area (Å²) >= 11 is 5.81. The van der Waals surface area contributed by atoms with Gasteiger partial charge in [-0.25, -0.2) is 0 Å². The lowest BCUT2D eigenvalue weighted by atomic mass is 10.1. The van der Waals surface area contributed by atoms with Crippen LogP contribution in [0.25, 0.3) is 0 Å². The Labute approximate surface area is 105 Å². The second-order valence-electron chi connectivity index (χ2n) is 4.39. The van der Waals surface area contributed by atoms with Gasteiger partial charge in [0.05, 0.1) is 6.10 Å². The highest BCUT2D eigenvalue weighted by molar-refractivity contribution is 6.31. The predicted octanol–water partition coefficient (Wildman–Crippen LogP) is 1.42. The van der Waals surface area contributed by atoms with Crippen LogP contribution in [0.5, 0.6) is 0 Å². The lowest BCUT2D eigenvalue weighted by Crippen LogP contribution is -2.33. The van der Waals surface area contributed by atoms with Gasteiger partial charge in [0.2, 0.25) is 0 Å². The molecule has 1 amide bonds. The zero-order valence-electron chi connectivity index (χ0n) is 9.32. The van der Waals surface area contributed by atoms with E-state index in [1.165, 1.54) is 0 Å². The number of nitrogens with two attached hydrogens (primary N) is 1. The van der Waals surface area contributed by atoms with E-state index in [2.05, 4.69) is 5.32 Å². The molecule has 0 radical (unpaired) electrons. The van der Waals surface area contributed by atoms with E-state index in [0.717, 1.165) is 12.8 Å². The molecule has 4 N–H and O–H groups in total. The molecule has 4 nitrogen and oxygen atoms in total. The van der Waals surface area contributed by atoms with Crippen molar-refractivity contribution in [1.29, 1.82) is 0 Å². The van der Waals surface area contributed by atoms with Crippen LogP contribution in [0.1, 0.15) is 23.2 Å². The molecule has 0 aromatic heterocycles. The summed E-state index contributed by atoms with van der Waals surface area (Å²) in [5, 5.41) is 12.7. The molecule has 5 heteroatoms. The van der Waals surface area contributed by atoms with Crippen LogP contribution < -0.4 is 11.1 Å². The third-order valence-corrected chi connectivity index (χ3v) is 3.04. The Morgan fingerprint density at radius 2 is 2.24 bits per heavy atom. The lowest BCUT2D eigenvalue weighted by molar-refractivity contribution is 0.0901. The molecule has 0 aliphatic heterocycles. The molecule has 17 heavy (non-hydrogen) atoms. The molecule has 1 saturated carbocycles. The van der Waals surface area contributed by atoms with Crippen molar-refractivity contribution < 1.29 is 9.90 Å². The topological polar surface area (TPSA) is 75.4 Å². The van der Waals surface area contributed by atoms with E-state index in [9.17, 15) is 9.90 Å². The standard InChI is InChI=1S/C12H15ClN2O2/c13-9-3-8(4-10(14)5-9)12(17)15-6-11(16)7-1-2-7/h3-5,7,11,16H,1-2,6,14H2,(H,15,17). The number of anilines is 1. The van der Waals surface area contributed by atoms with E-state index in [1.807, 2.05) is 0 Å². The molecular formula is C12H15ClN2O2. The summed E-state index contributed by atoms with van der Waals surface area (Å²) in [5.74, 6) is 0.0821. The number of benzene rings is 1. The number of rotatable bonds is 4. The Morgan fingerprint density at radius 1 is 1.53 bits per heavy atom. The largest absolute Gasteiger partial charge is 0.399 e. The molecular weight excluding hydrogens is 240 g/mol. The molecule has 0 heterocycles. The van der Waals surface area contributed by atoms with Crippen LogP contribution in [0.4, 0.5) is 5.69 Å². The number of hydrogen-bond donors (Lipinski definition) is 3. The molecule has 0 saturated heterocycles. The number of amides is 1. The number of carbonyl (C=O) groups excluding carboxylic acids is 1. The summed E-state index contributed by atoms with van der Waals surface area (Å²) in [4.78, 5) is 11.8. The van der Waals surface area contributed by atoms with E-state index in [-0.39, 0.29) is 12.5 Å². The van der Waals surface area contributed by atoms with Gasteiger partial charge in [-0.3, -0.25) is 4.79 Å². The van der Waals surface area contributed by atoms with Gasteiger partial charge in [0.25, 0.3) is 5.91 Å². The summed E-state index contributed by atoms with van der Waals surface area (Å²) in [5.41, 5.74) is 6.46. The van der Waals surface area contributed by atoms with Crippen molar-refractivity contribution in [2.24, 2.45) is 5.92 Å². The van der Waals surface area contributed by atoms with Crippen molar-refractivity contribution in [3.63, 3.8) is 0 Å². The fourth-order valence-electron chi connectivity index (χ4n) is 1.69. The zero-order chi connectivity index (χ0) is 12.4. The van der Waals surface area contributed by atoms with Crippen LogP contribution in [0.2, 0.25) is 5.02 Å². The molecule has 1 fully saturated rings. The lowest BCUT2D eigenvalue weighted by Gasteiger charge is -2.11. The zero-order valence-corrected chi connectivity index (χ0v) is 10.1. The molecule has 0 spiro atoms. The van der Waals surface area contributed by atoms with Crippen molar-refractivity contribution in [1.82, 2.24) is 5.32 Å². The summed E-state index contributed by atoms with van der Waals surface area (Å²) in [7, 11) is 0. The first-order valence-electron chi connectivity index (χ1n) is 5.58. The Kier molecular flexibility index (Phi) is 3.54. The average molecular weight is 255 g/mol. The van der Waals surface area contributed by atoms with Gasteiger partial charge < -0.3 is 16.2 Å². The van der Waals surface area contributed by atoms with Crippen molar-refractivity contribution in [2.75, 3.05) is 12.3 Å². The fraction of sp³-hybridized carbons (Fsp3) is 0.417. The van der Waals surface area contributed by atoms with E-state index in [0.29, 0.717) is 22.2 Å². The van der Waals surface area contributed by atoms with Gasteiger partial charge in [-0.15, -0.1) is 0 Å². The minimum Gasteiger partial charge on any atom is -0.399 e. The molecule has 1 aromatic carbocycles. The monoisotopic (exact) mass is 254 g/mol. The summed E-state index contributed by atoms with van der Waals surface area (Å²) < 4.78 is 0. The van der Waals surface area contributed by atoms with Gasteiger partial charge in [-0.1, -0.05) is 11.6 Å². The van der Waals surface area contributed by atoms with Gasteiger partial charge >= 0.3 is 0 Å². The highest BCUT2D eigenvalue weighted by Gasteiger charge is 2.29. The third-order valence-electron chi connectivity index (χ3n) is 2.82. The Hall–Kier alpha value is -1.26. The van der Waals surface area contributed by atoms with Gasteiger partial charge in [0.1, 0.15) is 0 Å². The molecule has 1 unspecified atom stereocenters. The van der Waals surface area contributed by atoms with Gasteiger partial charge in [-0.2, -0.15) is 0 Å². The fourth-order valence-corrected chi connectivity index (χ4v) is 1.93. The van der Waals surface area contributed by atoms with Crippen LogP contribution in [0.3, 0.4) is 0 Å². The molecule has 0 bridgehead atoms. The van der Waals surface area contributed by atoms with Gasteiger partial charge in [-0.05, 0) is 37.0 Å². The SMILES string of the molecule is Nc1cc(Cl)cc(C(=O)NCC(O)C2CC2)c1. The summed E-state index contributed by atoms with van der Waals surface area (Å²) in [6.45, 7) is 0.274. The molecule has 2 rings (SSSR count). The van der Waals surface area contributed by atoms with Gasteiger partial charge in [0.15, 0.2) is 0 Å². The van der Waals surface area contributed by atoms with E-state index in [1.54, 1.807) is 18.2 Å². The summed E-state index contributed by atoms with van der Waals surface area (Å²) in [6.07, 6.45) is 1.64. The molecule has 1 aliphatic rings. The number of carbonyl (C=O) groups is 1. The quantitative estimate of drug-likeness (QED) is 0.712. The van der Waals surface area contributed by atoms with Crippen molar-refractivity contribution in [3.8, 4) is 0 Å². The first kappa shape index (κ1) is 12.2. The van der Waals surface area contributed by atoms with E-state index < -0.39 is 6.10 Å². The van der Waals surface area contributed by atoms with Crippen LogP contribution >= 0.6 is 11.6 Å². The minimum absolute atomic E-state index is 0.265. The number of halogens is 1. The number of nitrogens with one attached hydrogen (secondary N) is 1. The second kappa shape index (κ2) is 4.94. The first-order valence-corrected chi connectivity index (χ1v) is 5.96. The Balaban J connectivity index is 1.94. The Bertz CT molecular complexity index is 412. The van der Waals surface area contributed by atoms with Crippen LogP contribution in [-0.4, -0.2) is 23.7 Å². The molecule has 1 aliphatic carbocycles. The first-order chi connectivity index (χ1) is 8.06. The van der Waals surface area contributed by atoms with E-state index in [4.69, 9.17) is 17.3 Å². The normalized spacial score (nSPS) is 16.6. The second-order valence-corrected chi connectivity index (χ2v) is 4.82. The third kappa shape index (κ3) is 3.35. The van der Waals surface area contributed by atoms with Crippen LogP contribution in [0.15, 0.2) is 18.2 Å². The molecule has 1 aromatic rings. The summed E-state index contributed by atoms with van der Waals surface area (Å²) in [6, 6.07) is 4.69. The number of aliphatic hydroxyl groups excluding tert-OH is 1. The van der Waals surface area contributed by atoms with Crippen LogP contribution in [0, 0.1) is 5.92 Å². The number of aliphatic hydroxyl groups is 1.